The van der Waals surface area contributed by atoms with Crippen LogP contribution in [0, 0.1) is 5.95 Å². The number of amides is 2. The zero-order valence-corrected chi connectivity index (χ0v) is 19.0. The SMILES string of the molecule is CC(=O)N1CC(F)CC1C(=O)NC(c1cccc(-c2nnco2)c1)c1ccc(C(C)C)c(F)n1. The number of hydrogen-bond donors (Lipinski definition) is 1. The quantitative estimate of drug-likeness (QED) is 0.554. The molecule has 0 bridgehead atoms. The number of benzene rings is 1. The third-order valence-corrected chi connectivity index (χ3v) is 5.89. The van der Waals surface area contributed by atoms with Crippen LogP contribution in [-0.4, -0.2) is 50.7 Å². The zero-order chi connectivity index (χ0) is 24.4. The molecule has 1 saturated heterocycles. The van der Waals surface area contributed by atoms with Gasteiger partial charge in [-0.3, -0.25) is 9.59 Å². The first-order valence-electron chi connectivity index (χ1n) is 11.0. The summed E-state index contributed by atoms with van der Waals surface area (Å²) in [5.41, 5.74) is 1.90. The molecule has 34 heavy (non-hydrogen) atoms. The molecule has 8 nitrogen and oxygen atoms in total. The molecule has 0 radical (unpaired) electrons. The highest BCUT2D eigenvalue weighted by molar-refractivity contribution is 5.88. The molecular weight excluding hydrogens is 444 g/mol. The summed E-state index contributed by atoms with van der Waals surface area (Å²) in [6.45, 7) is 4.87. The topological polar surface area (TPSA) is 101 Å². The second kappa shape index (κ2) is 9.66. The van der Waals surface area contributed by atoms with Gasteiger partial charge in [0.1, 0.15) is 12.2 Å². The molecule has 3 atom stereocenters. The predicted octanol–water partition coefficient (Wildman–Crippen LogP) is 3.56. The first-order chi connectivity index (χ1) is 16.2. The molecule has 3 heterocycles. The van der Waals surface area contributed by atoms with Crippen LogP contribution >= 0.6 is 0 Å². The maximum atomic E-state index is 14.8. The van der Waals surface area contributed by atoms with Gasteiger partial charge in [-0.2, -0.15) is 4.39 Å². The minimum absolute atomic E-state index is 0.0699. The van der Waals surface area contributed by atoms with Crippen LogP contribution in [0.4, 0.5) is 8.78 Å². The highest BCUT2D eigenvalue weighted by atomic mass is 19.1. The van der Waals surface area contributed by atoms with E-state index in [1.807, 2.05) is 13.8 Å². The van der Waals surface area contributed by atoms with E-state index in [9.17, 15) is 18.4 Å². The molecule has 2 aromatic heterocycles. The lowest BCUT2D eigenvalue weighted by atomic mass is 9.98. The molecule has 0 spiro atoms. The van der Waals surface area contributed by atoms with Crippen LogP contribution in [0.2, 0.25) is 0 Å². The van der Waals surface area contributed by atoms with Crippen molar-refractivity contribution in [1.29, 1.82) is 0 Å². The molecule has 1 aliphatic rings. The Balaban J connectivity index is 1.72. The van der Waals surface area contributed by atoms with E-state index in [4.69, 9.17) is 4.42 Å². The van der Waals surface area contributed by atoms with Crippen LogP contribution in [0.3, 0.4) is 0 Å². The van der Waals surface area contributed by atoms with E-state index in [2.05, 4.69) is 20.5 Å². The van der Waals surface area contributed by atoms with Gasteiger partial charge in [0, 0.05) is 24.5 Å². The first-order valence-corrected chi connectivity index (χ1v) is 11.0. The predicted molar refractivity (Wildman–Crippen MR) is 119 cm³/mol. The molecule has 0 saturated carbocycles. The molecule has 3 unspecified atom stereocenters. The van der Waals surface area contributed by atoms with Gasteiger partial charge < -0.3 is 14.6 Å². The Bertz CT molecular complexity index is 1190. The number of carbonyl (C=O) groups excluding carboxylic acids is 2. The molecule has 4 rings (SSSR count). The van der Waals surface area contributed by atoms with Crippen molar-refractivity contribution in [3.63, 3.8) is 0 Å². The average molecular weight is 469 g/mol. The van der Waals surface area contributed by atoms with Gasteiger partial charge in [0.05, 0.1) is 18.3 Å². The van der Waals surface area contributed by atoms with Gasteiger partial charge in [-0.25, -0.2) is 9.37 Å². The molecule has 1 aromatic carbocycles. The normalized spacial score (nSPS) is 18.8. The highest BCUT2D eigenvalue weighted by Gasteiger charge is 2.39. The standard InChI is InChI=1S/C24H25F2N5O3/c1-13(2)18-7-8-19(28-22(18)26)21(15-5-4-6-16(9-15)24-30-27-12-34-24)29-23(33)20-10-17(25)11-31(20)14(3)32/h4-9,12-13,17,20-21H,10-11H2,1-3H3,(H,29,33). The fourth-order valence-corrected chi connectivity index (χ4v) is 4.15. The zero-order valence-electron chi connectivity index (χ0n) is 19.0. The number of rotatable bonds is 6. The van der Waals surface area contributed by atoms with Crippen molar-refractivity contribution in [2.45, 2.75) is 51.4 Å². The summed E-state index contributed by atoms with van der Waals surface area (Å²) >= 11 is 0. The van der Waals surface area contributed by atoms with Gasteiger partial charge in [-0.05, 0) is 29.7 Å². The van der Waals surface area contributed by atoms with Gasteiger partial charge in [0.25, 0.3) is 0 Å². The minimum atomic E-state index is -1.29. The summed E-state index contributed by atoms with van der Waals surface area (Å²) in [5, 5.41) is 10.4. The van der Waals surface area contributed by atoms with Crippen molar-refractivity contribution in [2.75, 3.05) is 6.54 Å². The fraction of sp³-hybridized carbons (Fsp3) is 0.375. The molecule has 1 aliphatic heterocycles. The average Bonchev–Trinajstić information content (AvgIpc) is 3.47. The number of aromatic nitrogens is 3. The summed E-state index contributed by atoms with van der Waals surface area (Å²) < 4.78 is 34.1. The largest absolute Gasteiger partial charge is 0.423 e. The van der Waals surface area contributed by atoms with Crippen molar-refractivity contribution in [3.05, 3.63) is 65.6 Å². The number of likely N-dealkylation sites (tertiary alicyclic amines) is 1. The molecule has 3 aromatic rings. The maximum absolute atomic E-state index is 14.8. The monoisotopic (exact) mass is 469 g/mol. The molecule has 1 fully saturated rings. The second-order valence-corrected chi connectivity index (χ2v) is 8.60. The minimum Gasteiger partial charge on any atom is -0.423 e. The first kappa shape index (κ1) is 23.5. The number of halogens is 2. The van der Waals surface area contributed by atoms with Crippen LogP contribution in [0.15, 0.2) is 47.2 Å². The number of nitrogens with one attached hydrogen (secondary N) is 1. The fourth-order valence-electron chi connectivity index (χ4n) is 4.15. The molecule has 1 N–H and O–H groups in total. The van der Waals surface area contributed by atoms with E-state index in [1.54, 1.807) is 36.4 Å². The Morgan fingerprint density at radius 1 is 1.24 bits per heavy atom. The van der Waals surface area contributed by atoms with Crippen molar-refractivity contribution in [3.8, 4) is 11.5 Å². The van der Waals surface area contributed by atoms with Crippen molar-refractivity contribution < 1.29 is 22.8 Å². The van der Waals surface area contributed by atoms with Crippen LogP contribution in [-0.2, 0) is 9.59 Å². The van der Waals surface area contributed by atoms with Crippen LogP contribution < -0.4 is 5.32 Å². The molecular formula is C24H25F2N5O3. The van der Waals surface area contributed by atoms with Gasteiger partial charge in [-0.1, -0.05) is 32.0 Å². The van der Waals surface area contributed by atoms with Crippen molar-refractivity contribution in [2.24, 2.45) is 0 Å². The lowest BCUT2D eigenvalue weighted by molar-refractivity contribution is -0.137. The van der Waals surface area contributed by atoms with E-state index in [0.29, 0.717) is 16.7 Å². The Morgan fingerprint density at radius 2 is 2.03 bits per heavy atom. The van der Waals surface area contributed by atoms with Gasteiger partial charge >= 0.3 is 0 Å². The van der Waals surface area contributed by atoms with Crippen molar-refractivity contribution in [1.82, 2.24) is 25.4 Å². The van der Waals surface area contributed by atoms with E-state index < -0.39 is 30.1 Å². The summed E-state index contributed by atoms with van der Waals surface area (Å²) in [6.07, 6.45) is -0.194. The van der Waals surface area contributed by atoms with Crippen LogP contribution in [0.25, 0.3) is 11.5 Å². The lowest BCUT2D eigenvalue weighted by Gasteiger charge is -2.26. The van der Waals surface area contributed by atoms with Crippen molar-refractivity contribution >= 4 is 11.8 Å². The Labute approximate surface area is 195 Å². The number of nitrogens with zero attached hydrogens (tertiary/aromatic N) is 4. The third kappa shape index (κ3) is 4.80. The summed E-state index contributed by atoms with van der Waals surface area (Å²) in [5.74, 6) is -1.35. The number of pyridine rings is 1. The van der Waals surface area contributed by atoms with Gasteiger partial charge in [0.15, 0.2) is 0 Å². The Hall–Kier alpha value is -3.69. The van der Waals surface area contributed by atoms with Gasteiger partial charge in [-0.15, -0.1) is 10.2 Å². The molecule has 178 valence electrons. The number of carbonyl (C=O) groups is 2. The van der Waals surface area contributed by atoms with E-state index in [0.717, 1.165) is 0 Å². The molecule has 0 aliphatic carbocycles. The number of alkyl halides is 1. The third-order valence-electron chi connectivity index (χ3n) is 5.89. The van der Waals surface area contributed by atoms with Crippen LogP contribution in [0.5, 0.6) is 0 Å². The lowest BCUT2D eigenvalue weighted by Crippen LogP contribution is -2.46. The summed E-state index contributed by atoms with van der Waals surface area (Å²) in [6, 6.07) is 8.43. The Morgan fingerprint density at radius 3 is 2.68 bits per heavy atom. The van der Waals surface area contributed by atoms with Gasteiger partial charge in [0.2, 0.25) is 30.0 Å². The Kier molecular flexibility index (Phi) is 6.67. The number of hydrogen-bond acceptors (Lipinski definition) is 6. The smallest absolute Gasteiger partial charge is 0.247 e. The second-order valence-electron chi connectivity index (χ2n) is 8.60. The van der Waals surface area contributed by atoms with E-state index >= 15 is 0 Å². The van der Waals surface area contributed by atoms with Crippen LogP contribution in [0.1, 0.15) is 56.0 Å². The van der Waals surface area contributed by atoms with E-state index in [-0.39, 0.29) is 36.4 Å². The molecule has 2 amide bonds. The summed E-state index contributed by atoms with van der Waals surface area (Å²) in [7, 11) is 0. The summed E-state index contributed by atoms with van der Waals surface area (Å²) in [4.78, 5) is 30.5. The highest BCUT2D eigenvalue weighted by Crippen LogP contribution is 2.29. The molecule has 10 heteroatoms. The maximum Gasteiger partial charge on any atom is 0.247 e. The van der Waals surface area contributed by atoms with E-state index in [1.165, 1.54) is 18.2 Å².